The Morgan fingerprint density at radius 3 is 2.38 bits per heavy atom. The number of carbonyl (C=O) groups is 1. The molecule has 112 valence electrons. The minimum Gasteiger partial charge on any atom is -0.467 e. The Labute approximate surface area is 123 Å². The first-order chi connectivity index (χ1) is 9.97. The van der Waals surface area contributed by atoms with Gasteiger partial charge in [0.15, 0.2) is 5.69 Å². The molecule has 1 saturated heterocycles. The highest BCUT2D eigenvalue weighted by Gasteiger charge is 2.40. The van der Waals surface area contributed by atoms with Crippen molar-refractivity contribution in [2.75, 3.05) is 23.6 Å². The number of ether oxygens (including phenoxy) is 1. The van der Waals surface area contributed by atoms with Gasteiger partial charge in [-0.2, -0.15) is 0 Å². The van der Waals surface area contributed by atoms with Gasteiger partial charge in [-0.15, -0.1) is 11.8 Å². The number of nitro benzene ring substituents is 2. The van der Waals surface area contributed by atoms with E-state index in [4.69, 9.17) is 0 Å². The summed E-state index contributed by atoms with van der Waals surface area (Å²) in [7, 11) is 1.21. The molecule has 1 aromatic carbocycles. The Hall–Kier alpha value is -2.36. The highest BCUT2D eigenvalue weighted by atomic mass is 32.2. The van der Waals surface area contributed by atoms with Gasteiger partial charge in [0.1, 0.15) is 6.04 Å². The predicted octanol–water partition coefficient (Wildman–Crippen LogP) is 1.56. The largest absolute Gasteiger partial charge is 0.467 e. The summed E-state index contributed by atoms with van der Waals surface area (Å²) in [6, 6.07) is 2.83. The predicted molar refractivity (Wildman–Crippen MR) is 75.4 cm³/mol. The molecule has 1 aliphatic rings. The molecule has 10 heteroatoms. The monoisotopic (exact) mass is 313 g/mol. The summed E-state index contributed by atoms with van der Waals surface area (Å²) in [5.41, 5.74) is -0.964. The normalized spacial score (nSPS) is 17.6. The Morgan fingerprint density at radius 2 is 1.90 bits per heavy atom. The van der Waals surface area contributed by atoms with Crippen LogP contribution in [0.15, 0.2) is 18.2 Å². The third-order valence-corrected chi connectivity index (χ3v) is 4.04. The van der Waals surface area contributed by atoms with Crippen molar-refractivity contribution in [2.24, 2.45) is 0 Å². The SMILES string of the molecule is COC(=O)C1CSCN1c1c([N+](=O)[O-])cccc1[N+](=O)[O-]. The summed E-state index contributed by atoms with van der Waals surface area (Å²) in [6.45, 7) is 0. The standard InChI is InChI=1S/C11H11N3O6S/c1-20-11(15)9-5-21-6-12(9)10-7(13(16)17)3-2-4-8(10)14(18)19/h2-4,9H,5-6H2,1H3. The van der Waals surface area contributed by atoms with E-state index in [2.05, 4.69) is 4.74 Å². The zero-order valence-electron chi connectivity index (χ0n) is 10.9. The maximum atomic E-state index is 11.7. The van der Waals surface area contributed by atoms with Crippen LogP contribution in [0.2, 0.25) is 0 Å². The second-order valence-electron chi connectivity index (χ2n) is 4.17. The molecule has 21 heavy (non-hydrogen) atoms. The lowest BCUT2D eigenvalue weighted by molar-refractivity contribution is -0.392. The van der Waals surface area contributed by atoms with E-state index in [1.54, 1.807) is 0 Å². The highest BCUT2D eigenvalue weighted by Crippen LogP contribution is 2.41. The van der Waals surface area contributed by atoms with E-state index in [0.717, 1.165) is 0 Å². The Bertz CT molecular complexity index is 575. The molecular weight excluding hydrogens is 302 g/mol. The summed E-state index contributed by atoms with van der Waals surface area (Å²) < 4.78 is 4.65. The van der Waals surface area contributed by atoms with Gasteiger partial charge in [0.05, 0.1) is 22.8 Å². The van der Waals surface area contributed by atoms with Crippen LogP contribution in [0.4, 0.5) is 17.1 Å². The third-order valence-electron chi connectivity index (χ3n) is 3.03. The molecule has 2 rings (SSSR count). The number of hydrogen-bond acceptors (Lipinski definition) is 8. The van der Waals surface area contributed by atoms with E-state index >= 15 is 0 Å². The molecule has 1 aromatic rings. The molecular formula is C11H11N3O6S. The quantitative estimate of drug-likeness (QED) is 0.467. The number of anilines is 1. The molecule has 1 unspecified atom stereocenters. The number of nitro groups is 2. The van der Waals surface area contributed by atoms with Crippen molar-refractivity contribution >= 4 is 34.8 Å². The molecule has 0 amide bonds. The van der Waals surface area contributed by atoms with E-state index in [1.807, 2.05) is 0 Å². The fourth-order valence-electron chi connectivity index (χ4n) is 2.10. The molecule has 0 saturated carbocycles. The molecule has 1 aliphatic heterocycles. The van der Waals surface area contributed by atoms with Gasteiger partial charge >= 0.3 is 5.97 Å². The number of thioether (sulfide) groups is 1. The minimum absolute atomic E-state index is 0.159. The van der Waals surface area contributed by atoms with E-state index in [-0.39, 0.29) is 11.6 Å². The first-order valence-corrected chi connectivity index (χ1v) is 6.97. The number of nitrogens with zero attached hydrogens (tertiary/aromatic N) is 3. The van der Waals surface area contributed by atoms with Gasteiger partial charge in [-0.25, -0.2) is 4.79 Å². The molecule has 1 atom stereocenters. The molecule has 0 N–H and O–H groups in total. The summed E-state index contributed by atoms with van der Waals surface area (Å²) >= 11 is 1.35. The van der Waals surface area contributed by atoms with Crippen molar-refractivity contribution in [1.29, 1.82) is 0 Å². The van der Waals surface area contributed by atoms with Crippen molar-refractivity contribution in [3.63, 3.8) is 0 Å². The zero-order valence-corrected chi connectivity index (χ0v) is 11.7. The van der Waals surface area contributed by atoms with Crippen LogP contribution in [-0.4, -0.2) is 40.6 Å². The third kappa shape index (κ3) is 2.75. The average molecular weight is 313 g/mol. The van der Waals surface area contributed by atoms with Crippen LogP contribution >= 0.6 is 11.8 Å². The summed E-state index contributed by atoms with van der Waals surface area (Å²) in [5, 5.41) is 22.3. The zero-order chi connectivity index (χ0) is 15.6. The molecule has 9 nitrogen and oxygen atoms in total. The molecule has 0 aromatic heterocycles. The minimum atomic E-state index is -0.778. The maximum Gasteiger partial charge on any atom is 0.329 e. The van der Waals surface area contributed by atoms with Crippen LogP contribution in [0.3, 0.4) is 0 Å². The van der Waals surface area contributed by atoms with E-state index in [0.29, 0.717) is 5.75 Å². The molecule has 1 heterocycles. The molecule has 0 aliphatic carbocycles. The van der Waals surface area contributed by atoms with Crippen molar-refractivity contribution in [2.45, 2.75) is 6.04 Å². The van der Waals surface area contributed by atoms with Crippen molar-refractivity contribution in [3.8, 4) is 0 Å². The number of carbonyl (C=O) groups excluding carboxylic acids is 1. The topological polar surface area (TPSA) is 116 Å². The van der Waals surface area contributed by atoms with E-state index in [1.165, 1.54) is 42.0 Å². The molecule has 0 radical (unpaired) electrons. The lowest BCUT2D eigenvalue weighted by Gasteiger charge is -2.23. The molecule has 0 spiro atoms. The first-order valence-electron chi connectivity index (χ1n) is 5.81. The maximum absolute atomic E-state index is 11.7. The van der Waals surface area contributed by atoms with Gasteiger partial charge in [-0.3, -0.25) is 20.2 Å². The molecule has 0 bridgehead atoms. The van der Waals surface area contributed by atoms with Crippen molar-refractivity contribution < 1.29 is 19.4 Å². The van der Waals surface area contributed by atoms with Crippen LogP contribution in [0, 0.1) is 20.2 Å². The number of methoxy groups -OCH3 is 1. The lowest BCUT2D eigenvalue weighted by atomic mass is 10.2. The lowest BCUT2D eigenvalue weighted by Crippen LogP contribution is -2.39. The summed E-state index contributed by atoms with van der Waals surface area (Å²) in [5.74, 6) is 0.0221. The fraction of sp³-hybridized carbons (Fsp3) is 0.364. The second kappa shape index (κ2) is 5.95. The van der Waals surface area contributed by atoms with Crippen LogP contribution in [0.5, 0.6) is 0 Å². The first kappa shape index (κ1) is 15.0. The van der Waals surface area contributed by atoms with E-state index < -0.39 is 33.2 Å². The van der Waals surface area contributed by atoms with Crippen molar-refractivity contribution in [1.82, 2.24) is 0 Å². The highest BCUT2D eigenvalue weighted by molar-refractivity contribution is 7.99. The van der Waals surface area contributed by atoms with Crippen LogP contribution in [-0.2, 0) is 9.53 Å². The molecule has 1 fully saturated rings. The van der Waals surface area contributed by atoms with Gasteiger partial charge in [0, 0.05) is 17.9 Å². The second-order valence-corrected chi connectivity index (χ2v) is 5.17. The van der Waals surface area contributed by atoms with E-state index in [9.17, 15) is 25.0 Å². The number of rotatable bonds is 4. The van der Waals surface area contributed by atoms with Gasteiger partial charge in [-0.1, -0.05) is 0 Å². The number of benzene rings is 1. The van der Waals surface area contributed by atoms with Crippen LogP contribution in [0.25, 0.3) is 0 Å². The van der Waals surface area contributed by atoms with Crippen molar-refractivity contribution in [3.05, 3.63) is 38.4 Å². The smallest absolute Gasteiger partial charge is 0.329 e. The van der Waals surface area contributed by atoms with Gasteiger partial charge in [-0.05, 0) is 6.07 Å². The number of para-hydroxylation sites is 1. The van der Waals surface area contributed by atoms with Gasteiger partial charge in [0.25, 0.3) is 11.4 Å². The Morgan fingerprint density at radius 1 is 1.33 bits per heavy atom. The van der Waals surface area contributed by atoms with Gasteiger partial charge < -0.3 is 9.64 Å². The summed E-state index contributed by atoms with van der Waals surface area (Å²) in [4.78, 5) is 34.0. The van der Waals surface area contributed by atoms with Crippen LogP contribution < -0.4 is 4.90 Å². The average Bonchev–Trinajstić information content (AvgIpc) is 2.94. The Balaban J connectivity index is 2.57. The Kier molecular flexibility index (Phi) is 4.26. The number of esters is 1. The summed E-state index contributed by atoms with van der Waals surface area (Å²) in [6.07, 6.45) is 0. The van der Waals surface area contributed by atoms with Crippen LogP contribution in [0.1, 0.15) is 0 Å². The fourth-order valence-corrected chi connectivity index (χ4v) is 3.25. The van der Waals surface area contributed by atoms with Gasteiger partial charge in [0.2, 0.25) is 0 Å². The number of hydrogen-bond donors (Lipinski definition) is 0.